The zero-order chi connectivity index (χ0) is 12.5. The summed E-state index contributed by atoms with van der Waals surface area (Å²) in [7, 11) is 0. The molecule has 3 nitrogen and oxygen atoms in total. The van der Waals surface area contributed by atoms with Crippen molar-refractivity contribution in [3.8, 4) is 0 Å². The summed E-state index contributed by atoms with van der Waals surface area (Å²) in [5.74, 6) is 0. The average molecular weight is 242 g/mol. The van der Waals surface area contributed by atoms with Crippen molar-refractivity contribution in [3.05, 3.63) is 0 Å². The quantitative estimate of drug-likeness (QED) is 0.706. The Hall–Kier alpha value is -0.120. The lowest BCUT2D eigenvalue weighted by atomic mass is 10.1. The Bertz CT molecular complexity index is 185. The number of piperidine rings is 1. The van der Waals surface area contributed by atoms with Crippen LogP contribution in [0.4, 0.5) is 0 Å². The van der Waals surface area contributed by atoms with Crippen molar-refractivity contribution < 1.29 is 4.74 Å². The molecular weight excluding hydrogens is 212 g/mol. The Morgan fingerprint density at radius 2 is 2.18 bits per heavy atom. The molecule has 0 aromatic rings. The van der Waals surface area contributed by atoms with Crippen LogP contribution in [-0.2, 0) is 4.74 Å². The number of hydrogen-bond donors (Lipinski definition) is 1. The number of rotatable bonds is 8. The van der Waals surface area contributed by atoms with Crippen LogP contribution >= 0.6 is 0 Å². The second-order valence-electron chi connectivity index (χ2n) is 5.04. The number of ether oxygens (including phenoxy) is 1. The molecule has 0 radical (unpaired) electrons. The highest BCUT2D eigenvalue weighted by atomic mass is 16.5. The van der Waals surface area contributed by atoms with Crippen LogP contribution in [0.15, 0.2) is 0 Å². The molecule has 0 spiro atoms. The van der Waals surface area contributed by atoms with Crippen LogP contribution in [0, 0.1) is 0 Å². The molecule has 2 atom stereocenters. The highest BCUT2D eigenvalue weighted by Gasteiger charge is 2.21. The minimum Gasteiger partial charge on any atom is -0.377 e. The van der Waals surface area contributed by atoms with E-state index in [-0.39, 0.29) is 0 Å². The molecule has 3 heteroatoms. The fourth-order valence-electron chi connectivity index (χ4n) is 2.55. The van der Waals surface area contributed by atoms with Gasteiger partial charge >= 0.3 is 0 Å². The first-order valence-electron chi connectivity index (χ1n) is 7.37. The van der Waals surface area contributed by atoms with Gasteiger partial charge in [-0.25, -0.2) is 0 Å². The topological polar surface area (TPSA) is 24.5 Å². The van der Waals surface area contributed by atoms with E-state index in [0.29, 0.717) is 12.1 Å². The maximum Gasteiger partial charge on any atom is 0.0702 e. The van der Waals surface area contributed by atoms with Crippen LogP contribution in [-0.4, -0.2) is 49.8 Å². The highest BCUT2D eigenvalue weighted by Crippen LogP contribution is 2.13. The van der Waals surface area contributed by atoms with Gasteiger partial charge in [0.25, 0.3) is 0 Å². The van der Waals surface area contributed by atoms with Crippen LogP contribution in [0.3, 0.4) is 0 Å². The number of likely N-dealkylation sites (tertiary alicyclic amines) is 1. The first kappa shape index (κ1) is 14.9. The third kappa shape index (κ3) is 5.84. The molecule has 102 valence electrons. The first-order chi connectivity index (χ1) is 8.30. The molecule has 0 aromatic carbocycles. The molecule has 1 aliphatic rings. The molecule has 0 amide bonds. The van der Waals surface area contributed by atoms with E-state index in [2.05, 4.69) is 31.0 Å². The van der Waals surface area contributed by atoms with Gasteiger partial charge in [-0.3, -0.25) is 4.90 Å². The van der Waals surface area contributed by atoms with Crippen LogP contribution in [0.25, 0.3) is 0 Å². The summed E-state index contributed by atoms with van der Waals surface area (Å²) in [6.07, 6.45) is 5.43. The molecule has 17 heavy (non-hydrogen) atoms. The maximum absolute atomic E-state index is 5.75. The maximum atomic E-state index is 5.75. The summed E-state index contributed by atoms with van der Waals surface area (Å²) in [6, 6.07) is 0.648. The number of hydrogen-bond acceptors (Lipinski definition) is 3. The lowest BCUT2D eigenvalue weighted by molar-refractivity contribution is 0.00347. The number of nitrogens with one attached hydrogen (secondary N) is 1. The molecule has 1 fully saturated rings. The molecule has 0 bridgehead atoms. The van der Waals surface area contributed by atoms with Gasteiger partial charge in [0.05, 0.1) is 6.10 Å². The SMILES string of the molecule is CCCNC(CC)CN1CCCC(OCC)C1. The van der Waals surface area contributed by atoms with E-state index in [1.54, 1.807) is 0 Å². The van der Waals surface area contributed by atoms with Crippen molar-refractivity contribution >= 4 is 0 Å². The van der Waals surface area contributed by atoms with Crippen molar-refractivity contribution in [2.45, 2.75) is 58.6 Å². The second kappa shape index (κ2) is 8.90. The van der Waals surface area contributed by atoms with Crippen LogP contribution in [0.2, 0.25) is 0 Å². The van der Waals surface area contributed by atoms with E-state index in [4.69, 9.17) is 4.74 Å². The van der Waals surface area contributed by atoms with Crippen molar-refractivity contribution in [3.63, 3.8) is 0 Å². The van der Waals surface area contributed by atoms with Crippen LogP contribution < -0.4 is 5.32 Å². The lowest BCUT2D eigenvalue weighted by Crippen LogP contribution is -2.47. The van der Waals surface area contributed by atoms with Gasteiger partial charge in [-0.15, -0.1) is 0 Å². The Kier molecular flexibility index (Phi) is 7.82. The molecule has 0 saturated carbocycles. The summed E-state index contributed by atoms with van der Waals surface area (Å²) >= 11 is 0. The van der Waals surface area contributed by atoms with Gasteiger partial charge in [-0.05, 0) is 45.7 Å². The van der Waals surface area contributed by atoms with Crippen molar-refractivity contribution in [2.24, 2.45) is 0 Å². The zero-order valence-electron chi connectivity index (χ0n) is 11.9. The molecule has 1 saturated heterocycles. The van der Waals surface area contributed by atoms with Crippen molar-refractivity contribution in [1.29, 1.82) is 0 Å². The van der Waals surface area contributed by atoms with E-state index in [1.165, 1.54) is 38.8 Å². The zero-order valence-corrected chi connectivity index (χ0v) is 11.9. The van der Waals surface area contributed by atoms with E-state index in [9.17, 15) is 0 Å². The third-order valence-corrected chi connectivity index (χ3v) is 3.52. The molecule has 1 aliphatic heterocycles. The van der Waals surface area contributed by atoms with Gasteiger partial charge in [-0.2, -0.15) is 0 Å². The molecule has 2 unspecified atom stereocenters. The fourth-order valence-corrected chi connectivity index (χ4v) is 2.55. The first-order valence-corrected chi connectivity index (χ1v) is 7.37. The van der Waals surface area contributed by atoms with Gasteiger partial charge in [0, 0.05) is 25.7 Å². The number of nitrogens with zero attached hydrogens (tertiary/aromatic N) is 1. The fraction of sp³-hybridized carbons (Fsp3) is 1.00. The van der Waals surface area contributed by atoms with Gasteiger partial charge in [-0.1, -0.05) is 13.8 Å². The van der Waals surface area contributed by atoms with Crippen LogP contribution in [0.5, 0.6) is 0 Å². The van der Waals surface area contributed by atoms with Crippen molar-refractivity contribution in [2.75, 3.05) is 32.8 Å². The Labute approximate surface area is 107 Å². The minimum atomic E-state index is 0.470. The third-order valence-electron chi connectivity index (χ3n) is 3.52. The molecule has 1 N–H and O–H groups in total. The average Bonchev–Trinajstić information content (AvgIpc) is 2.35. The van der Waals surface area contributed by atoms with E-state index >= 15 is 0 Å². The van der Waals surface area contributed by atoms with E-state index in [0.717, 1.165) is 19.7 Å². The summed E-state index contributed by atoms with van der Waals surface area (Å²) < 4.78 is 5.75. The normalized spacial score (nSPS) is 23.8. The van der Waals surface area contributed by atoms with E-state index < -0.39 is 0 Å². The second-order valence-corrected chi connectivity index (χ2v) is 5.04. The monoisotopic (exact) mass is 242 g/mol. The van der Waals surface area contributed by atoms with E-state index in [1.807, 2.05) is 0 Å². The molecule has 0 aromatic heterocycles. The largest absolute Gasteiger partial charge is 0.377 e. The Morgan fingerprint density at radius 3 is 2.82 bits per heavy atom. The standard InChI is InChI=1S/C14H30N2O/c1-4-9-15-13(5-2)11-16-10-7-8-14(12-16)17-6-3/h13-15H,4-12H2,1-3H3. The Balaban J connectivity index is 2.27. The molecule has 1 rings (SSSR count). The minimum absolute atomic E-state index is 0.470. The summed E-state index contributed by atoms with van der Waals surface area (Å²) in [4.78, 5) is 2.57. The van der Waals surface area contributed by atoms with Gasteiger partial charge < -0.3 is 10.1 Å². The summed E-state index contributed by atoms with van der Waals surface area (Å²) in [5, 5.41) is 3.63. The predicted octanol–water partition coefficient (Wildman–Crippen LogP) is 2.27. The van der Waals surface area contributed by atoms with Crippen molar-refractivity contribution in [1.82, 2.24) is 10.2 Å². The van der Waals surface area contributed by atoms with Crippen LogP contribution in [0.1, 0.15) is 46.5 Å². The summed E-state index contributed by atoms with van der Waals surface area (Å²) in [5.41, 5.74) is 0. The predicted molar refractivity (Wildman–Crippen MR) is 73.5 cm³/mol. The lowest BCUT2D eigenvalue weighted by Gasteiger charge is -2.34. The van der Waals surface area contributed by atoms with Gasteiger partial charge in [0.1, 0.15) is 0 Å². The molecule has 1 heterocycles. The molecule has 0 aliphatic carbocycles. The molecular formula is C14H30N2O. The highest BCUT2D eigenvalue weighted by molar-refractivity contribution is 4.77. The summed E-state index contributed by atoms with van der Waals surface area (Å²) in [6.45, 7) is 12.1. The smallest absolute Gasteiger partial charge is 0.0702 e. The Morgan fingerprint density at radius 1 is 1.35 bits per heavy atom. The van der Waals surface area contributed by atoms with Gasteiger partial charge in [0.2, 0.25) is 0 Å². The van der Waals surface area contributed by atoms with Gasteiger partial charge in [0.15, 0.2) is 0 Å².